The Morgan fingerprint density at radius 1 is 1.06 bits per heavy atom. The van der Waals surface area contributed by atoms with Crippen LogP contribution in [0.15, 0.2) is 48.8 Å². The number of nitriles is 1. The summed E-state index contributed by atoms with van der Waals surface area (Å²) in [6.45, 7) is 0. The molecule has 4 unspecified atom stereocenters. The lowest BCUT2D eigenvalue weighted by Gasteiger charge is -2.43. The van der Waals surface area contributed by atoms with Crippen LogP contribution in [0.3, 0.4) is 0 Å². The lowest BCUT2D eigenvalue weighted by Crippen LogP contribution is -2.62. The minimum Gasteiger partial charge on any atom is -0.497 e. The van der Waals surface area contributed by atoms with Crippen LogP contribution in [0.1, 0.15) is 29.9 Å². The standard InChI is InChI=1S/C26H23FN4O4/c1-34-16-5-3-14(11-28)18(7-16)20-10-23-21(9-22(20)27)25(32)31(26(33)30-23)24-13-29-12-15-4-6-17(35-2)8-19(15)24/h3-8,12-13,20-23H,9-10H2,1-2H3,(H,30,33). The number of nitrogens with zero attached hydrogens (tertiary/aromatic N) is 3. The lowest BCUT2D eigenvalue weighted by atomic mass is 9.72. The summed E-state index contributed by atoms with van der Waals surface area (Å²) >= 11 is 0. The monoisotopic (exact) mass is 474 g/mol. The first-order valence-electron chi connectivity index (χ1n) is 11.2. The van der Waals surface area contributed by atoms with Crippen molar-refractivity contribution < 1.29 is 23.5 Å². The van der Waals surface area contributed by atoms with Gasteiger partial charge in [0.1, 0.15) is 17.7 Å². The fraction of sp³-hybridized carbons (Fsp3) is 0.308. The summed E-state index contributed by atoms with van der Waals surface area (Å²) in [6.07, 6.45) is 1.84. The molecule has 2 heterocycles. The van der Waals surface area contributed by atoms with E-state index in [4.69, 9.17) is 9.47 Å². The number of carbonyl (C=O) groups is 2. The Morgan fingerprint density at radius 3 is 2.54 bits per heavy atom. The number of hydrogen-bond acceptors (Lipinski definition) is 6. The van der Waals surface area contributed by atoms with Crippen LogP contribution in [0, 0.1) is 17.2 Å². The van der Waals surface area contributed by atoms with Gasteiger partial charge in [0.2, 0.25) is 5.91 Å². The summed E-state index contributed by atoms with van der Waals surface area (Å²) in [5.74, 6) is -0.769. The first-order chi connectivity index (χ1) is 16.9. The second-order valence-electron chi connectivity index (χ2n) is 8.74. The number of carbonyl (C=O) groups excluding carboxylic acids is 2. The number of benzene rings is 2. The van der Waals surface area contributed by atoms with E-state index in [1.807, 2.05) is 0 Å². The summed E-state index contributed by atoms with van der Waals surface area (Å²) in [4.78, 5) is 32.0. The Kier molecular flexibility index (Phi) is 5.73. The van der Waals surface area contributed by atoms with Gasteiger partial charge in [-0.2, -0.15) is 5.26 Å². The molecule has 2 fully saturated rings. The van der Waals surface area contributed by atoms with Gasteiger partial charge in [0.05, 0.1) is 43.7 Å². The van der Waals surface area contributed by atoms with E-state index >= 15 is 4.39 Å². The molecule has 35 heavy (non-hydrogen) atoms. The maximum Gasteiger partial charge on any atom is 0.329 e. The summed E-state index contributed by atoms with van der Waals surface area (Å²) in [7, 11) is 3.03. The average Bonchev–Trinajstić information content (AvgIpc) is 2.88. The average molecular weight is 474 g/mol. The molecule has 5 rings (SSSR count). The number of nitrogens with one attached hydrogen (secondary N) is 1. The molecule has 8 nitrogen and oxygen atoms in total. The Labute approximate surface area is 201 Å². The molecule has 9 heteroatoms. The SMILES string of the molecule is COc1ccc(C#N)c(C2CC3NC(=O)N(c4cncc5ccc(OC)cc45)C(=O)C3CC2F)c1. The third-order valence-corrected chi connectivity index (χ3v) is 6.93. The summed E-state index contributed by atoms with van der Waals surface area (Å²) < 4.78 is 26.1. The molecule has 178 valence electrons. The van der Waals surface area contributed by atoms with Gasteiger partial charge in [0, 0.05) is 28.9 Å². The van der Waals surface area contributed by atoms with Gasteiger partial charge in [-0.15, -0.1) is 0 Å². The van der Waals surface area contributed by atoms with E-state index in [1.54, 1.807) is 42.6 Å². The maximum absolute atomic E-state index is 15.5. The van der Waals surface area contributed by atoms with E-state index in [1.165, 1.54) is 20.4 Å². The molecule has 2 aliphatic rings. The van der Waals surface area contributed by atoms with E-state index < -0.39 is 36.0 Å². The van der Waals surface area contributed by atoms with Crippen LogP contribution in [0.4, 0.5) is 14.9 Å². The molecule has 3 aromatic rings. The number of amides is 3. The van der Waals surface area contributed by atoms with Crippen molar-refractivity contribution in [2.24, 2.45) is 5.92 Å². The fourth-order valence-corrected chi connectivity index (χ4v) is 5.14. The number of aromatic nitrogens is 1. The molecule has 1 saturated heterocycles. The van der Waals surface area contributed by atoms with Gasteiger partial charge in [0.25, 0.3) is 0 Å². The lowest BCUT2D eigenvalue weighted by molar-refractivity contribution is -0.125. The van der Waals surface area contributed by atoms with Crippen molar-refractivity contribution in [3.8, 4) is 17.6 Å². The highest BCUT2D eigenvalue weighted by molar-refractivity contribution is 6.20. The first kappa shape index (κ1) is 22.6. The molecule has 1 aliphatic heterocycles. The number of fused-ring (bicyclic) bond motifs is 2. The van der Waals surface area contributed by atoms with E-state index in [9.17, 15) is 14.9 Å². The molecule has 1 aliphatic carbocycles. The van der Waals surface area contributed by atoms with E-state index in [-0.39, 0.29) is 12.8 Å². The molecule has 1 N–H and O–H groups in total. The highest BCUT2D eigenvalue weighted by Crippen LogP contribution is 2.43. The van der Waals surface area contributed by atoms with E-state index in [0.29, 0.717) is 33.7 Å². The van der Waals surface area contributed by atoms with Crippen LogP contribution in [0.25, 0.3) is 10.8 Å². The van der Waals surface area contributed by atoms with Crippen LogP contribution in [-0.2, 0) is 4.79 Å². The minimum atomic E-state index is -1.37. The van der Waals surface area contributed by atoms with Gasteiger partial charge in [-0.05, 0) is 54.8 Å². The number of urea groups is 1. The maximum atomic E-state index is 15.5. The molecule has 4 atom stereocenters. The molecular formula is C26H23FN4O4. The summed E-state index contributed by atoms with van der Waals surface area (Å²) in [5.41, 5.74) is 1.19. The molecule has 2 aromatic carbocycles. The number of pyridine rings is 1. The number of hydrogen-bond donors (Lipinski definition) is 1. The number of rotatable bonds is 4. The zero-order chi connectivity index (χ0) is 24.7. The Hall–Kier alpha value is -4.19. The van der Waals surface area contributed by atoms with Crippen molar-refractivity contribution in [3.63, 3.8) is 0 Å². The van der Waals surface area contributed by atoms with Gasteiger partial charge in [0.15, 0.2) is 0 Å². The third kappa shape index (κ3) is 3.81. The quantitative estimate of drug-likeness (QED) is 0.611. The van der Waals surface area contributed by atoms with Crippen LogP contribution < -0.4 is 19.7 Å². The Bertz CT molecular complexity index is 1370. The number of imide groups is 1. The number of alkyl halides is 1. The molecule has 1 aromatic heterocycles. The van der Waals surface area contributed by atoms with Crippen molar-refractivity contribution in [1.29, 1.82) is 5.26 Å². The van der Waals surface area contributed by atoms with Crippen molar-refractivity contribution in [1.82, 2.24) is 10.3 Å². The second-order valence-corrected chi connectivity index (χ2v) is 8.74. The van der Waals surface area contributed by atoms with Gasteiger partial charge in [-0.1, -0.05) is 0 Å². The summed E-state index contributed by atoms with van der Waals surface area (Å²) in [5, 5.41) is 13.8. The van der Waals surface area contributed by atoms with Crippen LogP contribution in [-0.4, -0.2) is 43.4 Å². The smallest absolute Gasteiger partial charge is 0.329 e. The predicted molar refractivity (Wildman–Crippen MR) is 126 cm³/mol. The molecule has 0 spiro atoms. The highest BCUT2D eigenvalue weighted by atomic mass is 19.1. The summed E-state index contributed by atoms with van der Waals surface area (Å²) in [6, 6.07) is 11.2. The number of anilines is 1. The normalized spacial score (nSPS) is 23.9. The van der Waals surface area contributed by atoms with Crippen LogP contribution in [0.2, 0.25) is 0 Å². The van der Waals surface area contributed by atoms with Crippen LogP contribution >= 0.6 is 0 Å². The van der Waals surface area contributed by atoms with Crippen molar-refractivity contribution in [3.05, 3.63) is 59.9 Å². The van der Waals surface area contributed by atoms with Crippen molar-refractivity contribution >= 4 is 28.4 Å². The number of ether oxygens (including phenoxy) is 2. The van der Waals surface area contributed by atoms with E-state index in [0.717, 1.165) is 10.3 Å². The minimum absolute atomic E-state index is 0.0749. The van der Waals surface area contributed by atoms with Gasteiger partial charge >= 0.3 is 6.03 Å². The van der Waals surface area contributed by atoms with Crippen molar-refractivity contribution in [2.45, 2.75) is 31.0 Å². The second kappa shape index (κ2) is 8.87. The van der Waals surface area contributed by atoms with Gasteiger partial charge in [-0.3, -0.25) is 9.78 Å². The van der Waals surface area contributed by atoms with E-state index in [2.05, 4.69) is 16.4 Å². The zero-order valence-corrected chi connectivity index (χ0v) is 19.2. The highest BCUT2D eigenvalue weighted by Gasteiger charge is 2.49. The topological polar surface area (TPSA) is 105 Å². The number of methoxy groups -OCH3 is 2. The molecule has 0 radical (unpaired) electrons. The van der Waals surface area contributed by atoms with Gasteiger partial charge < -0.3 is 14.8 Å². The van der Waals surface area contributed by atoms with Crippen LogP contribution in [0.5, 0.6) is 11.5 Å². The molecular weight excluding hydrogens is 451 g/mol. The largest absolute Gasteiger partial charge is 0.497 e. The Balaban J connectivity index is 1.48. The van der Waals surface area contributed by atoms with Crippen molar-refractivity contribution in [2.75, 3.05) is 19.1 Å². The molecule has 1 saturated carbocycles. The Morgan fingerprint density at radius 2 is 1.80 bits per heavy atom. The zero-order valence-electron chi connectivity index (χ0n) is 19.2. The van der Waals surface area contributed by atoms with Gasteiger partial charge in [-0.25, -0.2) is 14.1 Å². The molecule has 0 bridgehead atoms. The molecule has 3 amide bonds. The first-order valence-corrected chi connectivity index (χ1v) is 11.2. The third-order valence-electron chi connectivity index (χ3n) is 6.93. The fourth-order valence-electron chi connectivity index (χ4n) is 5.14. The predicted octanol–water partition coefficient (Wildman–Crippen LogP) is 4.08. The number of halogens is 1.